The molecule has 0 aromatic heterocycles. The molecule has 0 amide bonds. The van der Waals surface area contributed by atoms with Crippen molar-refractivity contribution in [2.45, 2.75) is 12.8 Å². The van der Waals surface area contributed by atoms with Gasteiger partial charge in [0.1, 0.15) is 17.2 Å². The molecule has 1 saturated carbocycles. The average molecular weight is 193 g/mol. The van der Waals surface area contributed by atoms with E-state index in [0.29, 0.717) is 5.69 Å². The van der Waals surface area contributed by atoms with Gasteiger partial charge in [0.05, 0.1) is 6.61 Å². The lowest BCUT2D eigenvalue weighted by Gasteiger charge is -2.11. The molecule has 1 aromatic rings. The van der Waals surface area contributed by atoms with Crippen molar-refractivity contribution in [2.24, 2.45) is 5.92 Å². The maximum atomic E-state index is 9.53. The molecular weight excluding hydrogens is 178 g/mol. The Morgan fingerprint density at radius 1 is 1.50 bits per heavy atom. The van der Waals surface area contributed by atoms with Crippen LogP contribution in [0.1, 0.15) is 12.8 Å². The third-order valence-electron chi connectivity index (χ3n) is 2.43. The van der Waals surface area contributed by atoms with Crippen molar-refractivity contribution in [1.82, 2.24) is 0 Å². The molecule has 0 radical (unpaired) electrons. The van der Waals surface area contributed by atoms with Gasteiger partial charge in [-0.3, -0.25) is 0 Å². The first-order valence-corrected chi connectivity index (χ1v) is 4.94. The number of anilines is 1. The maximum Gasteiger partial charge on any atom is 0.146 e. The summed E-state index contributed by atoms with van der Waals surface area (Å²) in [5, 5.41) is 12.5. The molecule has 0 atom stereocenters. The quantitative estimate of drug-likeness (QED) is 0.720. The van der Waals surface area contributed by atoms with Crippen molar-refractivity contribution in [3.63, 3.8) is 0 Å². The summed E-state index contributed by atoms with van der Waals surface area (Å²) in [5.41, 5.74) is 0.674. The molecule has 0 spiro atoms. The van der Waals surface area contributed by atoms with Crippen LogP contribution in [0.15, 0.2) is 18.2 Å². The average Bonchev–Trinajstić information content (AvgIpc) is 2.98. The largest absolute Gasteiger partial charge is 0.506 e. The van der Waals surface area contributed by atoms with E-state index in [1.54, 1.807) is 19.2 Å². The van der Waals surface area contributed by atoms with Crippen LogP contribution in [0.3, 0.4) is 0 Å². The highest BCUT2D eigenvalue weighted by Gasteiger charge is 2.22. The smallest absolute Gasteiger partial charge is 0.146 e. The number of para-hydroxylation sites is 1. The fourth-order valence-electron chi connectivity index (χ4n) is 1.38. The minimum atomic E-state index is 0.237. The molecule has 1 aromatic carbocycles. The SMILES string of the molecule is CNc1c(O)cccc1OCC1CC1. The van der Waals surface area contributed by atoms with E-state index >= 15 is 0 Å². The van der Waals surface area contributed by atoms with Gasteiger partial charge in [-0.25, -0.2) is 0 Å². The van der Waals surface area contributed by atoms with Gasteiger partial charge in [0.25, 0.3) is 0 Å². The second kappa shape index (κ2) is 3.78. The Morgan fingerprint density at radius 2 is 2.29 bits per heavy atom. The minimum Gasteiger partial charge on any atom is -0.506 e. The molecular formula is C11H15NO2. The summed E-state index contributed by atoms with van der Waals surface area (Å²) in [6, 6.07) is 5.31. The molecule has 3 heteroatoms. The number of hydrogen-bond donors (Lipinski definition) is 2. The number of hydrogen-bond acceptors (Lipinski definition) is 3. The fraction of sp³-hybridized carbons (Fsp3) is 0.455. The first kappa shape index (κ1) is 9.19. The van der Waals surface area contributed by atoms with Gasteiger partial charge >= 0.3 is 0 Å². The van der Waals surface area contributed by atoms with Crippen molar-refractivity contribution in [2.75, 3.05) is 19.0 Å². The van der Waals surface area contributed by atoms with Gasteiger partial charge in [0, 0.05) is 7.05 Å². The Kier molecular flexibility index (Phi) is 2.48. The van der Waals surface area contributed by atoms with E-state index in [-0.39, 0.29) is 5.75 Å². The second-order valence-electron chi connectivity index (χ2n) is 3.65. The summed E-state index contributed by atoms with van der Waals surface area (Å²) in [6.45, 7) is 0.762. The number of benzene rings is 1. The molecule has 0 bridgehead atoms. The van der Waals surface area contributed by atoms with Crippen LogP contribution in [0, 0.1) is 5.92 Å². The second-order valence-corrected chi connectivity index (χ2v) is 3.65. The van der Waals surface area contributed by atoms with Gasteiger partial charge in [-0.05, 0) is 30.9 Å². The highest BCUT2D eigenvalue weighted by atomic mass is 16.5. The number of phenolic OH excluding ortho intramolecular Hbond substituents is 1. The van der Waals surface area contributed by atoms with Gasteiger partial charge in [-0.1, -0.05) is 6.07 Å². The topological polar surface area (TPSA) is 41.5 Å². The van der Waals surface area contributed by atoms with E-state index in [1.165, 1.54) is 12.8 Å². The third kappa shape index (κ3) is 1.92. The van der Waals surface area contributed by atoms with Crippen LogP contribution in [0.2, 0.25) is 0 Å². The van der Waals surface area contributed by atoms with E-state index in [4.69, 9.17) is 4.74 Å². The summed E-state index contributed by atoms with van der Waals surface area (Å²) in [5.74, 6) is 1.70. The fourth-order valence-corrected chi connectivity index (χ4v) is 1.38. The lowest BCUT2D eigenvalue weighted by atomic mass is 10.2. The van der Waals surface area contributed by atoms with Crippen LogP contribution in [-0.4, -0.2) is 18.8 Å². The van der Waals surface area contributed by atoms with Crippen LogP contribution in [0.5, 0.6) is 11.5 Å². The standard InChI is InChI=1S/C11H15NO2/c1-12-11-9(13)3-2-4-10(11)14-7-8-5-6-8/h2-4,8,12-13H,5-7H2,1H3. The monoisotopic (exact) mass is 193 g/mol. The Labute approximate surface area is 83.7 Å². The molecule has 2 N–H and O–H groups in total. The van der Waals surface area contributed by atoms with Crippen molar-refractivity contribution < 1.29 is 9.84 Å². The highest BCUT2D eigenvalue weighted by molar-refractivity contribution is 5.65. The molecule has 0 aliphatic heterocycles. The Bertz CT molecular complexity index is 321. The van der Waals surface area contributed by atoms with Crippen LogP contribution in [0.4, 0.5) is 5.69 Å². The first-order valence-electron chi connectivity index (χ1n) is 4.94. The predicted octanol–water partition coefficient (Wildman–Crippen LogP) is 2.22. The molecule has 76 valence electrons. The van der Waals surface area contributed by atoms with Gasteiger partial charge in [0.15, 0.2) is 0 Å². The zero-order chi connectivity index (χ0) is 9.97. The predicted molar refractivity (Wildman–Crippen MR) is 55.9 cm³/mol. The van der Waals surface area contributed by atoms with Crippen LogP contribution < -0.4 is 10.1 Å². The van der Waals surface area contributed by atoms with Gasteiger partial charge in [0.2, 0.25) is 0 Å². The van der Waals surface area contributed by atoms with E-state index in [9.17, 15) is 5.11 Å². The van der Waals surface area contributed by atoms with E-state index in [1.807, 2.05) is 6.07 Å². The molecule has 3 nitrogen and oxygen atoms in total. The number of ether oxygens (including phenoxy) is 1. The van der Waals surface area contributed by atoms with Crippen molar-refractivity contribution in [3.8, 4) is 11.5 Å². The number of phenols is 1. The Hall–Kier alpha value is -1.38. The molecule has 0 heterocycles. The van der Waals surface area contributed by atoms with E-state index in [0.717, 1.165) is 18.3 Å². The summed E-state index contributed by atoms with van der Waals surface area (Å²) in [4.78, 5) is 0. The number of aromatic hydroxyl groups is 1. The first-order chi connectivity index (χ1) is 6.81. The summed E-state index contributed by atoms with van der Waals surface area (Å²) in [6.07, 6.45) is 2.54. The van der Waals surface area contributed by atoms with Crippen molar-refractivity contribution in [1.29, 1.82) is 0 Å². The van der Waals surface area contributed by atoms with Gasteiger partial charge < -0.3 is 15.2 Å². The molecule has 14 heavy (non-hydrogen) atoms. The Morgan fingerprint density at radius 3 is 2.93 bits per heavy atom. The van der Waals surface area contributed by atoms with Crippen LogP contribution in [0.25, 0.3) is 0 Å². The van der Waals surface area contributed by atoms with Gasteiger partial charge in [-0.15, -0.1) is 0 Å². The minimum absolute atomic E-state index is 0.237. The lowest BCUT2D eigenvalue weighted by Crippen LogP contribution is -2.01. The van der Waals surface area contributed by atoms with Gasteiger partial charge in [-0.2, -0.15) is 0 Å². The Balaban J connectivity index is 2.09. The maximum absolute atomic E-state index is 9.53. The number of nitrogens with one attached hydrogen (secondary N) is 1. The zero-order valence-corrected chi connectivity index (χ0v) is 8.29. The third-order valence-corrected chi connectivity index (χ3v) is 2.43. The van der Waals surface area contributed by atoms with Crippen molar-refractivity contribution >= 4 is 5.69 Å². The molecule has 0 unspecified atom stereocenters. The highest BCUT2D eigenvalue weighted by Crippen LogP contribution is 2.35. The zero-order valence-electron chi connectivity index (χ0n) is 8.29. The normalized spacial score (nSPS) is 15.2. The molecule has 0 saturated heterocycles. The summed E-state index contributed by atoms with van der Waals surface area (Å²) >= 11 is 0. The molecule has 2 rings (SSSR count). The molecule has 1 fully saturated rings. The summed E-state index contributed by atoms with van der Waals surface area (Å²) < 4.78 is 5.61. The van der Waals surface area contributed by atoms with Crippen LogP contribution >= 0.6 is 0 Å². The number of rotatable bonds is 4. The van der Waals surface area contributed by atoms with Crippen LogP contribution in [-0.2, 0) is 0 Å². The summed E-state index contributed by atoms with van der Waals surface area (Å²) in [7, 11) is 1.78. The van der Waals surface area contributed by atoms with E-state index in [2.05, 4.69) is 5.32 Å². The lowest BCUT2D eigenvalue weighted by molar-refractivity contribution is 0.300. The molecule has 1 aliphatic rings. The van der Waals surface area contributed by atoms with Crippen molar-refractivity contribution in [3.05, 3.63) is 18.2 Å². The molecule has 1 aliphatic carbocycles. The van der Waals surface area contributed by atoms with E-state index < -0.39 is 0 Å².